The first-order valence-corrected chi connectivity index (χ1v) is 18.3. The lowest BCUT2D eigenvalue weighted by atomic mass is 9.99. The van der Waals surface area contributed by atoms with Gasteiger partial charge in [-0.3, -0.25) is 23.7 Å². The maximum atomic E-state index is 13.5. The van der Waals surface area contributed by atoms with Crippen LogP contribution in [-0.4, -0.2) is 58.0 Å². The summed E-state index contributed by atoms with van der Waals surface area (Å²) in [6, 6.07) is 12.4. The zero-order chi connectivity index (χ0) is 34.7. The van der Waals surface area contributed by atoms with Gasteiger partial charge in [-0.15, -0.1) is 21.5 Å². The number of methoxy groups -OCH3 is 1. The van der Waals surface area contributed by atoms with Crippen LogP contribution in [0.4, 0.5) is 5.69 Å². The van der Waals surface area contributed by atoms with Crippen molar-refractivity contribution >= 4 is 53.7 Å². The molecule has 0 aliphatic carbocycles. The van der Waals surface area contributed by atoms with Crippen molar-refractivity contribution in [2.75, 3.05) is 18.8 Å². The number of amides is 1. The maximum Gasteiger partial charge on any atom is 0.342 e. The number of carbonyl (C=O) groups is 2. The zero-order valence-electron chi connectivity index (χ0n) is 27.7. The first-order chi connectivity index (χ1) is 22.8. The number of thiophene rings is 1. The summed E-state index contributed by atoms with van der Waals surface area (Å²) in [5, 5.41) is 16.0. The zero-order valence-corrected chi connectivity index (χ0v) is 30.2. The van der Waals surface area contributed by atoms with Crippen LogP contribution >= 0.6 is 30.5 Å². The molecule has 0 spiro atoms. The number of benzene rings is 2. The van der Waals surface area contributed by atoms with Crippen LogP contribution in [0.3, 0.4) is 0 Å². The SMILES string of the molecule is COCP(=O)(NC(C)C(=O)OC(C)C)Oc1ccc(NC(=O)C[C@@H]2N=C(c3ccc(Cl)cc3)c3c(sc(C)c3C)-n3c(C)nnc32)cc1. The Morgan fingerprint density at radius 1 is 1.04 bits per heavy atom. The minimum Gasteiger partial charge on any atom is -0.462 e. The summed E-state index contributed by atoms with van der Waals surface area (Å²) >= 11 is 7.85. The fraction of sp³-hybridized carbons (Fsp3) is 0.364. The molecule has 0 saturated heterocycles. The molecule has 0 fully saturated rings. The van der Waals surface area contributed by atoms with Crippen molar-refractivity contribution in [1.82, 2.24) is 19.9 Å². The molecule has 2 aromatic heterocycles. The minimum atomic E-state index is -3.65. The highest BCUT2D eigenvalue weighted by Gasteiger charge is 2.33. The van der Waals surface area contributed by atoms with E-state index >= 15 is 0 Å². The highest BCUT2D eigenvalue weighted by molar-refractivity contribution is 7.57. The number of rotatable bonds is 12. The fourth-order valence-corrected chi connectivity index (χ4v) is 8.25. The number of anilines is 1. The lowest BCUT2D eigenvalue weighted by Crippen LogP contribution is -2.36. The largest absolute Gasteiger partial charge is 0.462 e. The van der Waals surface area contributed by atoms with Crippen molar-refractivity contribution in [3.8, 4) is 10.8 Å². The second-order valence-electron chi connectivity index (χ2n) is 11.7. The number of halogens is 1. The lowest BCUT2D eigenvalue weighted by molar-refractivity contribution is -0.149. The van der Waals surface area contributed by atoms with Gasteiger partial charge in [0.15, 0.2) is 5.82 Å². The molecule has 5 rings (SSSR count). The summed E-state index contributed by atoms with van der Waals surface area (Å²) in [6.45, 7) is 11.0. The summed E-state index contributed by atoms with van der Waals surface area (Å²) in [5.41, 5.74) is 4.22. The van der Waals surface area contributed by atoms with Crippen LogP contribution in [-0.2, 0) is 23.6 Å². The van der Waals surface area contributed by atoms with Crippen LogP contribution in [0.15, 0.2) is 53.5 Å². The number of nitrogens with one attached hydrogen (secondary N) is 2. The third-order valence-corrected chi connectivity index (χ3v) is 10.9. The Kier molecular flexibility index (Phi) is 10.9. The first kappa shape index (κ1) is 35.4. The van der Waals surface area contributed by atoms with Gasteiger partial charge in [0.05, 0.1) is 18.2 Å². The van der Waals surface area contributed by atoms with E-state index in [1.165, 1.54) is 14.0 Å². The van der Waals surface area contributed by atoms with Gasteiger partial charge in [-0.1, -0.05) is 23.7 Å². The molecule has 2 N–H and O–H groups in total. The van der Waals surface area contributed by atoms with E-state index in [0.29, 0.717) is 22.4 Å². The predicted molar refractivity (Wildman–Crippen MR) is 187 cm³/mol. The number of esters is 1. The monoisotopic (exact) mass is 712 g/mol. The molecule has 3 atom stereocenters. The number of aromatic nitrogens is 3. The number of hydrogen-bond donors (Lipinski definition) is 2. The lowest BCUT2D eigenvalue weighted by Gasteiger charge is -2.23. The fourth-order valence-electron chi connectivity index (χ4n) is 5.23. The Morgan fingerprint density at radius 2 is 1.73 bits per heavy atom. The molecule has 2 aromatic carbocycles. The number of carbonyl (C=O) groups excluding carboxylic acids is 2. The average molecular weight is 713 g/mol. The molecular weight excluding hydrogens is 675 g/mol. The molecule has 1 aliphatic heterocycles. The van der Waals surface area contributed by atoms with Crippen molar-refractivity contribution in [3.63, 3.8) is 0 Å². The molecular formula is C33H38ClN6O6PS. The smallest absolute Gasteiger partial charge is 0.342 e. The number of hydrogen-bond acceptors (Lipinski definition) is 10. The molecule has 0 bridgehead atoms. The maximum absolute atomic E-state index is 13.5. The van der Waals surface area contributed by atoms with E-state index in [0.717, 1.165) is 32.3 Å². The number of aliphatic imine (C=N–C) groups is 1. The Labute approximate surface area is 288 Å². The number of ether oxygens (including phenoxy) is 2. The van der Waals surface area contributed by atoms with Crippen molar-refractivity contribution in [2.24, 2.45) is 4.99 Å². The molecule has 12 nitrogen and oxygen atoms in total. The van der Waals surface area contributed by atoms with Gasteiger partial charge in [-0.05, 0) is 83.5 Å². The van der Waals surface area contributed by atoms with Gasteiger partial charge in [-0.25, -0.2) is 5.09 Å². The summed E-state index contributed by atoms with van der Waals surface area (Å²) in [4.78, 5) is 32.1. The predicted octanol–water partition coefficient (Wildman–Crippen LogP) is 6.93. The molecule has 15 heteroatoms. The van der Waals surface area contributed by atoms with E-state index in [2.05, 4.69) is 34.4 Å². The normalized spacial score (nSPS) is 15.9. The van der Waals surface area contributed by atoms with Gasteiger partial charge >= 0.3 is 13.5 Å². The molecule has 0 saturated carbocycles. The van der Waals surface area contributed by atoms with Gasteiger partial charge < -0.3 is 19.3 Å². The third-order valence-electron chi connectivity index (χ3n) is 7.52. The van der Waals surface area contributed by atoms with Gasteiger partial charge in [-0.2, -0.15) is 0 Å². The van der Waals surface area contributed by atoms with Gasteiger partial charge in [0.2, 0.25) is 5.91 Å². The van der Waals surface area contributed by atoms with Crippen LogP contribution in [0.1, 0.15) is 66.5 Å². The van der Waals surface area contributed by atoms with E-state index in [9.17, 15) is 14.2 Å². The number of aryl methyl sites for hydroxylation is 2. The van der Waals surface area contributed by atoms with Crippen LogP contribution in [0, 0.1) is 20.8 Å². The van der Waals surface area contributed by atoms with Crippen molar-refractivity contribution in [2.45, 2.75) is 66.2 Å². The van der Waals surface area contributed by atoms with E-state index < -0.39 is 25.6 Å². The molecule has 48 heavy (non-hydrogen) atoms. The topological polar surface area (TPSA) is 146 Å². The number of fused-ring (bicyclic) bond motifs is 3. The van der Waals surface area contributed by atoms with Crippen LogP contribution in [0.2, 0.25) is 5.02 Å². The second kappa shape index (κ2) is 14.7. The molecule has 254 valence electrons. The minimum absolute atomic E-state index is 0.00221. The summed E-state index contributed by atoms with van der Waals surface area (Å²) < 4.78 is 31.5. The van der Waals surface area contributed by atoms with E-state index in [4.69, 9.17) is 30.6 Å². The van der Waals surface area contributed by atoms with Gasteiger partial charge in [0.1, 0.15) is 35.0 Å². The van der Waals surface area contributed by atoms with Crippen LogP contribution < -0.4 is 14.9 Å². The summed E-state index contributed by atoms with van der Waals surface area (Å²) in [6.07, 6.45) is -0.602. The summed E-state index contributed by atoms with van der Waals surface area (Å²) in [5.74, 6) is 0.683. The van der Waals surface area contributed by atoms with Crippen molar-refractivity contribution in [3.05, 3.63) is 86.8 Å². The summed E-state index contributed by atoms with van der Waals surface area (Å²) in [7, 11) is -2.27. The average Bonchev–Trinajstić information content (AvgIpc) is 3.50. The molecule has 2 unspecified atom stereocenters. The Hall–Kier alpha value is -3.87. The van der Waals surface area contributed by atoms with Gasteiger partial charge in [0, 0.05) is 33.8 Å². The first-order valence-electron chi connectivity index (χ1n) is 15.3. The third kappa shape index (κ3) is 7.88. The van der Waals surface area contributed by atoms with Gasteiger partial charge in [0.25, 0.3) is 0 Å². The molecule has 1 amide bonds. The highest BCUT2D eigenvalue weighted by Crippen LogP contribution is 2.44. The van der Waals surface area contributed by atoms with Crippen molar-refractivity contribution in [1.29, 1.82) is 0 Å². The second-order valence-corrected chi connectivity index (χ2v) is 15.4. The molecule has 1 aliphatic rings. The Morgan fingerprint density at radius 3 is 2.38 bits per heavy atom. The Balaban J connectivity index is 1.35. The van der Waals surface area contributed by atoms with E-state index in [1.54, 1.807) is 49.4 Å². The Bertz CT molecular complexity index is 1890. The molecule has 4 aromatic rings. The standard InChI is InChI=1S/C33H38ClN6O6PS/c1-18(2)45-33(42)20(4)39-47(43,17-44-7)46-26-14-12-25(13-15-26)35-28(41)16-27-31-38-37-22(6)40(31)32-29(19(3)21(5)48-32)30(36-27)23-8-10-24(34)11-9-23/h8-15,18,20,27H,16-17H2,1-7H3,(H,35,41)(H,39,43)/t20?,27-,47?/m0/s1. The highest BCUT2D eigenvalue weighted by atomic mass is 35.5. The number of nitrogens with zero attached hydrogens (tertiary/aromatic N) is 4. The van der Waals surface area contributed by atoms with Crippen molar-refractivity contribution < 1.29 is 28.2 Å². The molecule has 0 radical (unpaired) electrons. The van der Waals surface area contributed by atoms with E-state index in [-0.39, 0.29) is 30.5 Å². The quantitative estimate of drug-likeness (QED) is 0.118. The molecule has 3 heterocycles. The van der Waals surface area contributed by atoms with E-state index in [1.807, 2.05) is 35.8 Å². The van der Waals surface area contributed by atoms with Crippen LogP contribution in [0.25, 0.3) is 5.00 Å². The van der Waals surface area contributed by atoms with Crippen LogP contribution in [0.5, 0.6) is 5.75 Å².